The fraction of sp³-hybridized carbons (Fsp3) is 0.308. The number of ether oxygens (including phenoxy) is 4. The highest BCUT2D eigenvalue weighted by molar-refractivity contribution is 7.92. The van der Waals surface area contributed by atoms with Gasteiger partial charge in [-0.15, -0.1) is 0 Å². The Balaban J connectivity index is 1.60. The molecule has 0 radical (unpaired) electrons. The van der Waals surface area contributed by atoms with Gasteiger partial charge in [-0.3, -0.25) is 0 Å². The van der Waals surface area contributed by atoms with E-state index in [4.69, 9.17) is 18.9 Å². The third-order valence-electron chi connectivity index (χ3n) is 5.80. The van der Waals surface area contributed by atoms with Crippen LogP contribution in [0.5, 0.6) is 11.5 Å². The molecule has 174 valence electrons. The van der Waals surface area contributed by atoms with E-state index >= 15 is 0 Å². The Morgan fingerprint density at radius 1 is 0.909 bits per heavy atom. The van der Waals surface area contributed by atoms with Crippen molar-refractivity contribution in [3.63, 3.8) is 0 Å². The van der Waals surface area contributed by atoms with Crippen LogP contribution in [0.1, 0.15) is 23.7 Å². The molecule has 1 heterocycles. The normalized spacial score (nSPS) is 20.5. The maximum atomic E-state index is 13.6. The molecule has 6 nitrogen and oxygen atoms in total. The minimum Gasteiger partial charge on any atom is -0.497 e. The number of rotatable bonds is 9. The van der Waals surface area contributed by atoms with Gasteiger partial charge in [-0.05, 0) is 36.2 Å². The predicted molar refractivity (Wildman–Crippen MR) is 125 cm³/mol. The van der Waals surface area contributed by atoms with E-state index in [0.29, 0.717) is 36.7 Å². The molecule has 0 saturated carbocycles. The van der Waals surface area contributed by atoms with Gasteiger partial charge in [-0.2, -0.15) is 0 Å². The first kappa shape index (κ1) is 23.3. The molecule has 0 unspecified atom stereocenters. The van der Waals surface area contributed by atoms with Crippen LogP contribution in [0.15, 0.2) is 83.8 Å². The van der Waals surface area contributed by atoms with Crippen LogP contribution < -0.4 is 9.47 Å². The zero-order valence-corrected chi connectivity index (χ0v) is 19.5. The van der Waals surface area contributed by atoms with Crippen molar-refractivity contribution in [2.24, 2.45) is 0 Å². The van der Waals surface area contributed by atoms with Crippen molar-refractivity contribution < 1.29 is 27.4 Å². The Morgan fingerprint density at radius 2 is 1.61 bits per heavy atom. The number of benzene rings is 3. The topological polar surface area (TPSA) is 71.1 Å². The van der Waals surface area contributed by atoms with Crippen LogP contribution in [0, 0.1) is 0 Å². The van der Waals surface area contributed by atoms with Crippen molar-refractivity contribution in [3.8, 4) is 11.5 Å². The van der Waals surface area contributed by atoms with Gasteiger partial charge in [0.2, 0.25) is 0 Å². The van der Waals surface area contributed by atoms with Gasteiger partial charge in [-0.25, -0.2) is 8.42 Å². The average molecular weight is 469 g/mol. The third-order valence-corrected chi connectivity index (χ3v) is 7.97. The maximum Gasteiger partial charge on any atom is 0.184 e. The Bertz CT molecular complexity index is 1150. The van der Waals surface area contributed by atoms with E-state index < -0.39 is 21.2 Å². The van der Waals surface area contributed by atoms with E-state index in [1.54, 1.807) is 56.7 Å². The third kappa shape index (κ3) is 5.21. The second kappa shape index (κ2) is 10.4. The molecule has 1 fully saturated rings. The van der Waals surface area contributed by atoms with Crippen molar-refractivity contribution >= 4 is 9.84 Å². The summed E-state index contributed by atoms with van der Waals surface area (Å²) in [7, 11) is -0.531. The van der Waals surface area contributed by atoms with E-state index in [2.05, 4.69) is 0 Å². The summed E-state index contributed by atoms with van der Waals surface area (Å²) in [6.07, 6.45) is -0.735. The maximum absolute atomic E-state index is 13.6. The standard InChI is InChI=1S/C26H28O6S/c1-29-20-13-14-23(24(15-20)30-2)26-25(33(27,28)22-11-7-4-8-12-22)16-21(32-26)18-31-17-19-9-5-3-6-10-19/h3-15,21,25-26H,16-18H2,1-2H3/t21-,25-,26+/m1/s1. The van der Waals surface area contributed by atoms with Crippen molar-refractivity contribution in [2.45, 2.75) is 35.4 Å². The molecule has 1 aliphatic rings. The first-order valence-electron chi connectivity index (χ1n) is 10.8. The molecule has 1 saturated heterocycles. The number of hydrogen-bond acceptors (Lipinski definition) is 6. The van der Waals surface area contributed by atoms with Crippen LogP contribution in [0.3, 0.4) is 0 Å². The molecule has 3 aromatic carbocycles. The molecule has 0 spiro atoms. The van der Waals surface area contributed by atoms with Crippen LogP contribution in [0.25, 0.3) is 0 Å². The zero-order valence-electron chi connectivity index (χ0n) is 18.7. The summed E-state index contributed by atoms with van der Waals surface area (Å²) in [6.45, 7) is 0.734. The second-order valence-electron chi connectivity index (χ2n) is 7.92. The molecule has 0 aromatic heterocycles. The fourth-order valence-corrected chi connectivity index (χ4v) is 6.01. The number of methoxy groups -OCH3 is 2. The van der Waals surface area contributed by atoms with Gasteiger partial charge in [0, 0.05) is 11.6 Å². The number of hydrogen-bond donors (Lipinski definition) is 0. The molecule has 0 amide bonds. The minimum atomic E-state index is -3.65. The molecule has 3 aromatic rings. The van der Waals surface area contributed by atoms with E-state index in [-0.39, 0.29) is 11.0 Å². The first-order valence-corrected chi connectivity index (χ1v) is 12.4. The average Bonchev–Trinajstić information content (AvgIpc) is 3.29. The molecule has 3 atom stereocenters. The lowest BCUT2D eigenvalue weighted by molar-refractivity contribution is -0.0207. The summed E-state index contributed by atoms with van der Waals surface area (Å²) in [4.78, 5) is 0.280. The van der Waals surface area contributed by atoms with Crippen molar-refractivity contribution in [1.29, 1.82) is 0 Å². The Morgan fingerprint density at radius 3 is 2.27 bits per heavy atom. The highest BCUT2D eigenvalue weighted by atomic mass is 32.2. The SMILES string of the molecule is COc1ccc([C@@H]2O[C@@H](COCc3ccccc3)C[C@H]2S(=O)(=O)c2ccccc2)c(OC)c1. The molecule has 4 rings (SSSR count). The van der Waals surface area contributed by atoms with Crippen LogP contribution in [-0.2, 0) is 25.9 Å². The largest absolute Gasteiger partial charge is 0.497 e. The van der Waals surface area contributed by atoms with Crippen LogP contribution in [-0.4, -0.2) is 40.6 Å². The van der Waals surface area contributed by atoms with Crippen LogP contribution in [0.4, 0.5) is 0 Å². The Labute approximate surface area is 195 Å². The molecule has 0 aliphatic carbocycles. The van der Waals surface area contributed by atoms with Crippen molar-refractivity contribution in [2.75, 3.05) is 20.8 Å². The second-order valence-corrected chi connectivity index (χ2v) is 10.1. The van der Waals surface area contributed by atoms with Crippen LogP contribution in [0.2, 0.25) is 0 Å². The molecule has 0 N–H and O–H groups in total. The Kier molecular flexibility index (Phi) is 7.33. The summed E-state index contributed by atoms with van der Waals surface area (Å²) in [5.74, 6) is 1.15. The minimum absolute atomic E-state index is 0.280. The lowest BCUT2D eigenvalue weighted by atomic mass is 10.0. The lowest BCUT2D eigenvalue weighted by Gasteiger charge is -2.22. The van der Waals surface area contributed by atoms with Crippen LogP contribution >= 0.6 is 0 Å². The lowest BCUT2D eigenvalue weighted by Crippen LogP contribution is -2.25. The van der Waals surface area contributed by atoms with Gasteiger partial charge in [0.05, 0.1) is 43.7 Å². The van der Waals surface area contributed by atoms with Gasteiger partial charge in [0.1, 0.15) is 17.6 Å². The quantitative estimate of drug-likeness (QED) is 0.457. The van der Waals surface area contributed by atoms with Gasteiger partial charge >= 0.3 is 0 Å². The summed E-state index contributed by atoms with van der Waals surface area (Å²) >= 11 is 0. The zero-order chi connectivity index (χ0) is 23.3. The van der Waals surface area contributed by atoms with E-state index in [1.165, 1.54) is 0 Å². The van der Waals surface area contributed by atoms with E-state index in [9.17, 15) is 8.42 Å². The smallest absolute Gasteiger partial charge is 0.184 e. The first-order chi connectivity index (χ1) is 16.0. The van der Waals surface area contributed by atoms with Gasteiger partial charge < -0.3 is 18.9 Å². The van der Waals surface area contributed by atoms with Gasteiger partial charge in [-0.1, -0.05) is 48.5 Å². The number of sulfone groups is 1. The summed E-state index contributed by atoms with van der Waals surface area (Å²) in [5.41, 5.74) is 1.73. The molecular weight excluding hydrogens is 440 g/mol. The van der Waals surface area contributed by atoms with Gasteiger partial charge in [0.25, 0.3) is 0 Å². The predicted octanol–water partition coefficient (Wildman–Crippen LogP) is 4.59. The molecular formula is C26H28O6S. The molecule has 7 heteroatoms. The highest BCUT2D eigenvalue weighted by Gasteiger charge is 2.45. The monoisotopic (exact) mass is 468 g/mol. The van der Waals surface area contributed by atoms with Gasteiger partial charge in [0.15, 0.2) is 9.84 Å². The fourth-order valence-electron chi connectivity index (χ4n) is 4.12. The Hall–Kier alpha value is -2.87. The molecule has 0 bridgehead atoms. The van der Waals surface area contributed by atoms with Crippen molar-refractivity contribution in [3.05, 3.63) is 90.0 Å². The summed E-state index contributed by atoms with van der Waals surface area (Å²) in [5, 5.41) is -0.771. The highest BCUT2D eigenvalue weighted by Crippen LogP contribution is 2.44. The van der Waals surface area contributed by atoms with E-state index in [0.717, 1.165) is 5.56 Å². The summed E-state index contributed by atoms with van der Waals surface area (Å²) in [6, 6.07) is 23.7. The molecule has 1 aliphatic heterocycles. The summed E-state index contributed by atoms with van der Waals surface area (Å²) < 4.78 is 50.2. The van der Waals surface area contributed by atoms with E-state index in [1.807, 2.05) is 36.4 Å². The van der Waals surface area contributed by atoms with Crippen molar-refractivity contribution in [1.82, 2.24) is 0 Å². The molecule has 33 heavy (non-hydrogen) atoms.